The number of amidine groups is 2. The van der Waals surface area contributed by atoms with Crippen LogP contribution in [-0.4, -0.2) is 11.7 Å². The van der Waals surface area contributed by atoms with Gasteiger partial charge in [0.15, 0.2) is 5.84 Å². The maximum Gasteiger partial charge on any atom is 0.159 e. The second-order valence-electron chi connectivity index (χ2n) is 13.0. The van der Waals surface area contributed by atoms with Gasteiger partial charge in [0.05, 0.1) is 0 Å². The Balaban J connectivity index is 1.13. The van der Waals surface area contributed by atoms with Crippen molar-refractivity contribution in [3.05, 3.63) is 193 Å². The van der Waals surface area contributed by atoms with E-state index in [-0.39, 0.29) is 6.17 Å². The molecule has 0 bridgehead atoms. The van der Waals surface area contributed by atoms with Crippen LogP contribution in [0.4, 0.5) is 0 Å². The van der Waals surface area contributed by atoms with Crippen LogP contribution in [0.3, 0.4) is 0 Å². The summed E-state index contributed by atoms with van der Waals surface area (Å²) in [6.07, 6.45) is -0.368. The molecule has 0 radical (unpaired) electrons. The normalized spacial score (nSPS) is 14.5. The Morgan fingerprint density at radius 3 is 1.88 bits per heavy atom. The molecule has 0 spiro atoms. The highest BCUT2D eigenvalue weighted by Crippen LogP contribution is 2.39. The predicted octanol–water partition coefficient (Wildman–Crippen LogP) is 11.7. The minimum atomic E-state index is -0.368. The molecule has 10 rings (SSSR count). The van der Waals surface area contributed by atoms with Gasteiger partial charge in [0.1, 0.15) is 23.2 Å². The van der Waals surface area contributed by atoms with Crippen molar-refractivity contribution in [2.24, 2.45) is 9.98 Å². The van der Waals surface area contributed by atoms with E-state index in [2.05, 4.69) is 145 Å². The van der Waals surface area contributed by atoms with Crippen molar-refractivity contribution in [2.75, 3.05) is 0 Å². The highest BCUT2D eigenvalue weighted by molar-refractivity contribution is 6.24. The molecule has 0 aliphatic carbocycles. The van der Waals surface area contributed by atoms with Gasteiger partial charge in [0.2, 0.25) is 0 Å². The number of nitrogens with zero attached hydrogens (tertiary/aromatic N) is 2. The first-order chi connectivity index (χ1) is 25.3. The minimum Gasteiger partial charge on any atom is -0.456 e. The molecule has 1 aliphatic heterocycles. The first-order valence-electron chi connectivity index (χ1n) is 17.3. The molecule has 0 fully saturated rings. The standard InChI is InChI=1S/C47H31N3O/c1-3-13-30(14-4-1)36-27-28-42-43(39-21-11-12-22-41(39)51-42)44(36)47-49-45(32-15-5-2-6-16-32)48-46(50-47)33-25-23-31(24-26-33)40-29-34-17-7-8-18-35(34)37-19-9-10-20-38(37)40/h1-29,46H,(H,48,49,50). The number of furan rings is 1. The summed E-state index contributed by atoms with van der Waals surface area (Å²) in [5, 5.41) is 10.9. The molecule has 1 N–H and O–H groups in total. The van der Waals surface area contributed by atoms with Crippen LogP contribution in [0.15, 0.2) is 190 Å². The second-order valence-corrected chi connectivity index (χ2v) is 13.0. The first kappa shape index (κ1) is 29.2. The van der Waals surface area contributed by atoms with Crippen LogP contribution in [0, 0.1) is 0 Å². The monoisotopic (exact) mass is 653 g/mol. The van der Waals surface area contributed by atoms with Gasteiger partial charge in [-0.3, -0.25) is 0 Å². The fraction of sp³-hybridized carbons (Fsp3) is 0.0213. The van der Waals surface area contributed by atoms with Crippen LogP contribution in [-0.2, 0) is 0 Å². The summed E-state index contributed by atoms with van der Waals surface area (Å²) >= 11 is 0. The molecule has 2 heterocycles. The molecule has 1 atom stereocenters. The zero-order valence-electron chi connectivity index (χ0n) is 27.6. The number of rotatable bonds is 5. The van der Waals surface area contributed by atoms with Crippen LogP contribution in [0.2, 0.25) is 0 Å². The lowest BCUT2D eigenvalue weighted by atomic mass is 9.92. The van der Waals surface area contributed by atoms with Crippen LogP contribution >= 0.6 is 0 Å². The van der Waals surface area contributed by atoms with Gasteiger partial charge in [-0.15, -0.1) is 0 Å². The smallest absolute Gasteiger partial charge is 0.159 e. The Bertz CT molecular complexity index is 2820. The molecule has 9 aromatic rings. The Labute approximate surface area is 295 Å². The number of aliphatic imine (C=N–C) groups is 2. The van der Waals surface area contributed by atoms with E-state index in [4.69, 9.17) is 14.4 Å². The molecule has 4 nitrogen and oxygen atoms in total. The van der Waals surface area contributed by atoms with Crippen molar-refractivity contribution >= 4 is 55.2 Å². The third-order valence-electron chi connectivity index (χ3n) is 9.94. The van der Waals surface area contributed by atoms with Crippen LogP contribution in [0.5, 0.6) is 0 Å². The summed E-state index contributed by atoms with van der Waals surface area (Å²) in [7, 11) is 0. The van der Waals surface area contributed by atoms with E-state index in [0.717, 1.165) is 55.6 Å². The van der Waals surface area contributed by atoms with Crippen molar-refractivity contribution in [1.29, 1.82) is 0 Å². The van der Waals surface area contributed by atoms with E-state index in [1.54, 1.807) is 0 Å². The molecule has 0 saturated heterocycles. The van der Waals surface area contributed by atoms with Gasteiger partial charge in [-0.2, -0.15) is 0 Å². The maximum absolute atomic E-state index is 6.40. The molecule has 1 aliphatic rings. The molecule has 0 amide bonds. The van der Waals surface area contributed by atoms with Crippen molar-refractivity contribution < 1.29 is 4.42 Å². The highest BCUT2D eigenvalue weighted by Gasteiger charge is 2.26. The van der Waals surface area contributed by atoms with Gasteiger partial charge in [0.25, 0.3) is 0 Å². The fourth-order valence-corrected chi connectivity index (χ4v) is 7.52. The van der Waals surface area contributed by atoms with Gasteiger partial charge >= 0.3 is 0 Å². The second kappa shape index (κ2) is 12.0. The lowest BCUT2D eigenvalue weighted by Gasteiger charge is -2.25. The zero-order valence-corrected chi connectivity index (χ0v) is 27.6. The fourth-order valence-electron chi connectivity index (χ4n) is 7.52. The van der Waals surface area contributed by atoms with E-state index in [1.807, 2.05) is 36.4 Å². The SMILES string of the molecule is c1ccc(C2=NC(c3ccc(-c4cc5ccccc5c5ccccc45)cc3)NC(c3c(-c4ccccc4)ccc4oc5ccccc5c34)=N2)cc1. The summed E-state index contributed by atoms with van der Waals surface area (Å²) in [6.45, 7) is 0. The lowest BCUT2D eigenvalue weighted by Crippen LogP contribution is -2.34. The van der Waals surface area contributed by atoms with E-state index in [9.17, 15) is 0 Å². The van der Waals surface area contributed by atoms with Crippen LogP contribution in [0.1, 0.15) is 22.9 Å². The average Bonchev–Trinajstić information content (AvgIpc) is 3.59. The number of hydrogen-bond acceptors (Lipinski definition) is 4. The number of benzene rings is 8. The summed E-state index contributed by atoms with van der Waals surface area (Å²) in [4.78, 5) is 10.5. The van der Waals surface area contributed by atoms with Gasteiger partial charge in [-0.05, 0) is 73.6 Å². The van der Waals surface area contributed by atoms with Crippen molar-refractivity contribution in [1.82, 2.24) is 5.32 Å². The Hall–Kier alpha value is -6.78. The van der Waals surface area contributed by atoms with Crippen molar-refractivity contribution in [2.45, 2.75) is 6.17 Å². The molecule has 8 aromatic carbocycles. The quantitative estimate of drug-likeness (QED) is 0.188. The molecular weight excluding hydrogens is 623 g/mol. The topological polar surface area (TPSA) is 49.9 Å². The molecule has 51 heavy (non-hydrogen) atoms. The molecule has 1 aromatic heterocycles. The van der Waals surface area contributed by atoms with Crippen LogP contribution < -0.4 is 5.32 Å². The third kappa shape index (κ3) is 5.00. The number of nitrogens with one attached hydrogen (secondary N) is 1. The van der Waals surface area contributed by atoms with Crippen molar-refractivity contribution in [3.8, 4) is 22.3 Å². The van der Waals surface area contributed by atoms with Gasteiger partial charge in [0, 0.05) is 21.9 Å². The Morgan fingerprint density at radius 2 is 1.10 bits per heavy atom. The highest BCUT2D eigenvalue weighted by atomic mass is 16.3. The van der Waals surface area contributed by atoms with Crippen LogP contribution in [0.25, 0.3) is 65.7 Å². The molecule has 4 heteroatoms. The minimum absolute atomic E-state index is 0.368. The van der Waals surface area contributed by atoms with Gasteiger partial charge in [-0.1, -0.05) is 152 Å². The Kier molecular flexibility index (Phi) is 6.85. The summed E-state index contributed by atoms with van der Waals surface area (Å²) < 4.78 is 6.40. The molecule has 240 valence electrons. The van der Waals surface area contributed by atoms with E-state index in [1.165, 1.54) is 32.7 Å². The van der Waals surface area contributed by atoms with E-state index in [0.29, 0.717) is 5.84 Å². The molecular formula is C47H31N3O. The lowest BCUT2D eigenvalue weighted by molar-refractivity contribution is 0.668. The van der Waals surface area contributed by atoms with Gasteiger partial charge in [-0.25, -0.2) is 9.98 Å². The summed E-state index contributed by atoms with van der Waals surface area (Å²) in [6, 6.07) is 61.6. The average molecular weight is 654 g/mol. The molecule has 0 saturated carbocycles. The zero-order chi connectivity index (χ0) is 33.7. The maximum atomic E-state index is 6.40. The van der Waals surface area contributed by atoms with E-state index < -0.39 is 0 Å². The largest absolute Gasteiger partial charge is 0.456 e. The van der Waals surface area contributed by atoms with Gasteiger partial charge < -0.3 is 9.73 Å². The number of para-hydroxylation sites is 1. The predicted molar refractivity (Wildman–Crippen MR) is 211 cm³/mol. The summed E-state index contributed by atoms with van der Waals surface area (Å²) in [5.41, 5.74) is 9.25. The van der Waals surface area contributed by atoms with Crippen molar-refractivity contribution in [3.63, 3.8) is 0 Å². The number of fused-ring (bicyclic) bond motifs is 6. The summed E-state index contributed by atoms with van der Waals surface area (Å²) in [5.74, 6) is 1.44. The third-order valence-corrected chi connectivity index (χ3v) is 9.94. The van der Waals surface area contributed by atoms with E-state index >= 15 is 0 Å². The Morgan fingerprint density at radius 1 is 0.471 bits per heavy atom. The first-order valence-corrected chi connectivity index (χ1v) is 17.3. The molecule has 1 unspecified atom stereocenters. The number of hydrogen-bond donors (Lipinski definition) is 1.